The fourth-order valence-electron chi connectivity index (χ4n) is 5.55. The molecule has 9 nitrogen and oxygen atoms in total. The van der Waals surface area contributed by atoms with Gasteiger partial charge in [0.05, 0.1) is 17.6 Å². The van der Waals surface area contributed by atoms with E-state index in [1.165, 1.54) is 12.0 Å². The molecule has 9 heteroatoms. The summed E-state index contributed by atoms with van der Waals surface area (Å²) in [5.41, 5.74) is 2.72. The van der Waals surface area contributed by atoms with Crippen molar-refractivity contribution in [1.29, 1.82) is 0 Å². The van der Waals surface area contributed by atoms with Crippen molar-refractivity contribution in [2.45, 2.75) is 83.9 Å². The van der Waals surface area contributed by atoms with Gasteiger partial charge in [0.25, 0.3) is 0 Å². The molecule has 3 aliphatic rings. The molecule has 1 spiro atoms. The molecule has 2 aromatic rings. The maximum absolute atomic E-state index is 12.8. The van der Waals surface area contributed by atoms with Crippen molar-refractivity contribution in [3.05, 3.63) is 29.8 Å². The summed E-state index contributed by atoms with van der Waals surface area (Å²) in [6.07, 6.45) is 6.74. The summed E-state index contributed by atoms with van der Waals surface area (Å²) < 4.78 is 5.67. The first-order valence-corrected chi connectivity index (χ1v) is 12.3. The topological polar surface area (TPSA) is 87.6 Å². The minimum Gasteiger partial charge on any atom is -0.444 e. The van der Waals surface area contributed by atoms with Crippen LogP contribution in [0.15, 0.2) is 18.6 Å². The predicted molar refractivity (Wildman–Crippen MR) is 131 cm³/mol. The van der Waals surface area contributed by atoms with Gasteiger partial charge in [-0.2, -0.15) is 10.2 Å². The number of aryl methyl sites for hydroxylation is 1. The van der Waals surface area contributed by atoms with Crippen LogP contribution in [0, 0.1) is 6.92 Å². The molecule has 2 fully saturated rings. The Morgan fingerprint density at radius 1 is 1.12 bits per heavy atom. The third kappa shape index (κ3) is 3.84. The number of carbonyl (C=O) groups excluding carboxylic acids is 1. The van der Waals surface area contributed by atoms with E-state index >= 15 is 0 Å². The summed E-state index contributed by atoms with van der Waals surface area (Å²) in [4.78, 5) is 28.9. The van der Waals surface area contributed by atoms with Gasteiger partial charge in [-0.05, 0) is 60.5 Å². The van der Waals surface area contributed by atoms with E-state index in [2.05, 4.69) is 39.9 Å². The first-order valence-electron chi connectivity index (χ1n) is 12.3. The summed E-state index contributed by atoms with van der Waals surface area (Å²) >= 11 is 0. The zero-order chi connectivity index (χ0) is 24.3. The number of ether oxygens (including phenoxy) is 1. The minimum absolute atomic E-state index is 0.0126. The number of carbonyl (C=O) groups is 1. The van der Waals surface area contributed by atoms with Crippen LogP contribution in [0.25, 0.3) is 0 Å². The van der Waals surface area contributed by atoms with Gasteiger partial charge in [0.2, 0.25) is 0 Å². The fourth-order valence-corrected chi connectivity index (χ4v) is 5.55. The highest BCUT2D eigenvalue weighted by molar-refractivity contribution is 5.76. The van der Waals surface area contributed by atoms with E-state index in [0.29, 0.717) is 13.1 Å². The second-order valence-electron chi connectivity index (χ2n) is 11.2. The molecule has 0 bridgehead atoms. The molecule has 1 saturated carbocycles. The van der Waals surface area contributed by atoms with Crippen molar-refractivity contribution in [3.63, 3.8) is 0 Å². The Kier molecular flexibility index (Phi) is 5.41. The third-order valence-corrected chi connectivity index (χ3v) is 7.32. The summed E-state index contributed by atoms with van der Waals surface area (Å²) in [5, 5.41) is 8.31. The smallest absolute Gasteiger partial charge is 0.410 e. The second kappa shape index (κ2) is 8.06. The highest BCUT2D eigenvalue weighted by atomic mass is 16.6. The molecule has 1 saturated heterocycles. The number of piperazine rings is 1. The lowest BCUT2D eigenvalue weighted by atomic mass is 9.66. The van der Waals surface area contributed by atoms with E-state index in [4.69, 9.17) is 14.7 Å². The maximum atomic E-state index is 12.8. The average molecular weight is 466 g/mol. The van der Waals surface area contributed by atoms with Gasteiger partial charge in [-0.15, -0.1) is 0 Å². The Morgan fingerprint density at radius 3 is 2.50 bits per heavy atom. The van der Waals surface area contributed by atoms with E-state index in [1.54, 1.807) is 6.33 Å². The minimum atomic E-state index is -0.509. The number of anilines is 3. The standard InChI is InChI=1S/C25H35N7O2/c1-16-10-19(11-28-29-16)32-14-25(8-7-9-25)20-21(26-15-27-22(20)32)30-12-18(3)31(13-17(30)2)23(33)34-24(4,5)6/h10-11,15,17-18H,7-9,12-14H2,1-6H3/t17-,18+/m0/s1. The highest BCUT2D eigenvalue weighted by Crippen LogP contribution is 2.56. The van der Waals surface area contributed by atoms with Crippen LogP contribution in [0.1, 0.15) is 65.1 Å². The lowest BCUT2D eigenvalue weighted by Crippen LogP contribution is -2.59. The van der Waals surface area contributed by atoms with Gasteiger partial charge < -0.3 is 19.4 Å². The van der Waals surface area contributed by atoms with Gasteiger partial charge in [-0.25, -0.2) is 14.8 Å². The van der Waals surface area contributed by atoms with Crippen LogP contribution >= 0.6 is 0 Å². The van der Waals surface area contributed by atoms with Gasteiger partial charge >= 0.3 is 6.09 Å². The van der Waals surface area contributed by atoms with Gasteiger partial charge in [0.15, 0.2) is 0 Å². The number of fused-ring (bicyclic) bond motifs is 2. The Hall–Kier alpha value is -2.97. The zero-order valence-corrected chi connectivity index (χ0v) is 21.1. The molecular weight excluding hydrogens is 430 g/mol. The fraction of sp³-hybridized carbons (Fsp3) is 0.640. The number of nitrogens with zero attached hydrogens (tertiary/aromatic N) is 7. The summed E-state index contributed by atoms with van der Waals surface area (Å²) in [5.74, 6) is 1.99. The Labute approximate surface area is 201 Å². The normalized spacial score (nSPS) is 23.6. The lowest BCUT2D eigenvalue weighted by Gasteiger charge is -2.46. The van der Waals surface area contributed by atoms with Crippen molar-refractivity contribution in [2.75, 3.05) is 29.4 Å². The highest BCUT2D eigenvalue weighted by Gasteiger charge is 2.51. The molecule has 5 rings (SSSR count). The second-order valence-corrected chi connectivity index (χ2v) is 11.2. The molecule has 2 atom stereocenters. The molecule has 1 amide bonds. The summed E-state index contributed by atoms with van der Waals surface area (Å²) in [6.45, 7) is 14.1. The summed E-state index contributed by atoms with van der Waals surface area (Å²) in [6, 6.07) is 2.19. The molecule has 34 heavy (non-hydrogen) atoms. The molecule has 2 aliphatic heterocycles. The number of aromatic nitrogens is 4. The third-order valence-electron chi connectivity index (χ3n) is 7.32. The average Bonchev–Trinajstić information content (AvgIpc) is 3.10. The number of hydrogen-bond donors (Lipinski definition) is 0. The SMILES string of the molecule is Cc1cc(N2CC3(CCC3)c3c2ncnc3N2C[C@@H](C)N(C(=O)OC(C)(C)C)C[C@@H]2C)cnn1. The quantitative estimate of drug-likeness (QED) is 0.658. The molecule has 1 aliphatic carbocycles. The molecule has 4 heterocycles. The van der Waals surface area contributed by atoms with Crippen molar-refractivity contribution < 1.29 is 9.53 Å². The Bertz CT molecular complexity index is 1090. The van der Waals surface area contributed by atoms with Gasteiger partial charge in [-0.1, -0.05) is 6.42 Å². The number of rotatable bonds is 2. The maximum Gasteiger partial charge on any atom is 0.410 e. The van der Waals surface area contributed by atoms with Crippen molar-refractivity contribution in [3.8, 4) is 0 Å². The first-order chi connectivity index (χ1) is 16.1. The van der Waals surface area contributed by atoms with Crippen LogP contribution in [-0.4, -0.2) is 68.5 Å². The molecule has 2 aromatic heterocycles. The molecular formula is C25H35N7O2. The largest absolute Gasteiger partial charge is 0.444 e. The molecule has 0 aromatic carbocycles. The lowest BCUT2D eigenvalue weighted by molar-refractivity contribution is 0.0129. The Morgan fingerprint density at radius 2 is 1.85 bits per heavy atom. The monoisotopic (exact) mass is 465 g/mol. The van der Waals surface area contributed by atoms with Crippen LogP contribution in [0.2, 0.25) is 0 Å². The van der Waals surface area contributed by atoms with E-state index < -0.39 is 5.60 Å². The van der Waals surface area contributed by atoms with Crippen LogP contribution in [0.4, 0.5) is 22.1 Å². The predicted octanol–water partition coefficient (Wildman–Crippen LogP) is 3.98. The van der Waals surface area contributed by atoms with Crippen LogP contribution in [-0.2, 0) is 10.2 Å². The number of hydrogen-bond acceptors (Lipinski definition) is 8. The van der Waals surface area contributed by atoms with Crippen LogP contribution in [0.5, 0.6) is 0 Å². The number of amides is 1. The molecule has 0 N–H and O–H groups in total. The van der Waals surface area contributed by atoms with Crippen molar-refractivity contribution >= 4 is 23.4 Å². The van der Waals surface area contributed by atoms with E-state index in [1.807, 2.05) is 38.8 Å². The molecule has 182 valence electrons. The zero-order valence-electron chi connectivity index (χ0n) is 21.1. The summed E-state index contributed by atoms with van der Waals surface area (Å²) in [7, 11) is 0. The van der Waals surface area contributed by atoms with Gasteiger partial charge in [-0.3, -0.25) is 0 Å². The van der Waals surface area contributed by atoms with E-state index in [-0.39, 0.29) is 23.6 Å². The molecule has 0 radical (unpaired) electrons. The Balaban J connectivity index is 1.48. The van der Waals surface area contributed by atoms with Crippen LogP contribution in [0.3, 0.4) is 0 Å². The van der Waals surface area contributed by atoms with E-state index in [9.17, 15) is 4.79 Å². The van der Waals surface area contributed by atoms with Gasteiger partial charge in [0, 0.05) is 42.7 Å². The van der Waals surface area contributed by atoms with Crippen molar-refractivity contribution in [1.82, 2.24) is 25.1 Å². The van der Waals surface area contributed by atoms with Crippen LogP contribution < -0.4 is 9.80 Å². The molecule has 0 unspecified atom stereocenters. The first kappa shape index (κ1) is 22.8. The van der Waals surface area contributed by atoms with Crippen molar-refractivity contribution in [2.24, 2.45) is 0 Å². The van der Waals surface area contributed by atoms with E-state index in [0.717, 1.165) is 42.4 Å². The van der Waals surface area contributed by atoms with Gasteiger partial charge in [0.1, 0.15) is 23.6 Å².